The summed E-state index contributed by atoms with van der Waals surface area (Å²) < 4.78 is 15.8. The van der Waals surface area contributed by atoms with Gasteiger partial charge in [0.2, 0.25) is 5.88 Å². The lowest BCUT2D eigenvalue weighted by Crippen LogP contribution is -2.05. The first kappa shape index (κ1) is 14.7. The minimum absolute atomic E-state index is 0.348. The molecule has 0 saturated heterocycles. The summed E-state index contributed by atoms with van der Waals surface area (Å²) in [6.07, 6.45) is 1.39. The van der Waals surface area contributed by atoms with Crippen LogP contribution in [0.1, 0.15) is 6.92 Å². The van der Waals surface area contributed by atoms with Crippen LogP contribution >= 0.6 is 0 Å². The predicted molar refractivity (Wildman–Crippen MR) is 80.4 cm³/mol. The number of methoxy groups -OCH3 is 2. The number of ether oxygens (including phenoxy) is 3. The van der Waals surface area contributed by atoms with Crippen LogP contribution in [0.15, 0.2) is 24.5 Å². The fraction of sp³-hybridized carbons (Fsp3) is 0.286. The highest BCUT2D eigenvalue weighted by atomic mass is 16.5. The summed E-state index contributed by atoms with van der Waals surface area (Å²) in [6, 6.07) is 5.40. The number of benzene rings is 1. The van der Waals surface area contributed by atoms with Gasteiger partial charge in [-0.2, -0.15) is 4.98 Å². The molecule has 0 amide bonds. The molecule has 112 valence electrons. The monoisotopic (exact) mass is 290 g/mol. The van der Waals surface area contributed by atoms with Gasteiger partial charge < -0.3 is 25.3 Å². The van der Waals surface area contributed by atoms with Crippen molar-refractivity contribution in [1.82, 2.24) is 9.97 Å². The van der Waals surface area contributed by atoms with E-state index in [0.717, 1.165) is 5.69 Å². The molecule has 0 radical (unpaired) electrons. The van der Waals surface area contributed by atoms with E-state index < -0.39 is 0 Å². The van der Waals surface area contributed by atoms with Crippen LogP contribution in [0.4, 0.5) is 17.2 Å². The first-order chi connectivity index (χ1) is 10.2. The lowest BCUT2D eigenvalue weighted by atomic mass is 10.2. The molecule has 0 bridgehead atoms. The molecule has 7 heteroatoms. The number of nitrogens with one attached hydrogen (secondary N) is 1. The fourth-order valence-electron chi connectivity index (χ4n) is 1.75. The predicted octanol–water partition coefficient (Wildman–Crippen LogP) is 2.22. The number of hydrogen-bond acceptors (Lipinski definition) is 7. The lowest BCUT2D eigenvalue weighted by molar-refractivity contribution is 0.328. The van der Waals surface area contributed by atoms with Crippen molar-refractivity contribution in [1.29, 1.82) is 0 Å². The molecule has 3 N–H and O–H groups in total. The lowest BCUT2D eigenvalue weighted by Gasteiger charge is -2.13. The Morgan fingerprint density at radius 3 is 2.33 bits per heavy atom. The molecule has 0 spiro atoms. The fourth-order valence-corrected chi connectivity index (χ4v) is 1.75. The van der Waals surface area contributed by atoms with Crippen molar-refractivity contribution in [3.63, 3.8) is 0 Å². The third-order valence-electron chi connectivity index (χ3n) is 2.74. The van der Waals surface area contributed by atoms with Crippen molar-refractivity contribution in [3.05, 3.63) is 24.5 Å². The normalized spacial score (nSPS) is 10.0. The Hall–Kier alpha value is -2.70. The summed E-state index contributed by atoms with van der Waals surface area (Å²) >= 11 is 0. The van der Waals surface area contributed by atoms with Crippen molar-refractivity contribution in [2.24, 2.45) is 0 Å². The van der Waals surface area contributed by atoms with Gasteiger partial charge in [0, 0.05) is 23.9 Å². The minimum Gasteiger partial charge on any atom is -0.497 e. The molecule has 0 fully saturated rings. The molecule has 1 aromatic carbocycles. The zero-order valence-corrected chi connectivity index (χ0v) is 12.2. The quantitative estimate of drug-likeness (QED) is 0.842. The summed E-state index contributed by atoms with van der Waals surface area (Å²) in [5.74, 6) is 2.14. The van der Waals surface area contributed by atoms with E-state index in [1.54, 1.807) is 20.3 Å². The van der Waals surface area contributed by atoms with Gasteiger partial charge in [0.25, 0.3) is 0 Å². The molecule has 2 rings (SSSR count). The van der Waals surface area contributed by atoms with E-state index in [9.17, 15) is 0 Å². The second kappa shape index (κ2) is 6.65. The van der Waals surface area contributed by atoms with E-state index in [2.05, 4.69) is 15.3 Å². The molecule has 0 aliphatic carbocycles. The average molecular weight is 290 g/mol. The van der Waals surface area contributed by atoms with Gasteiger partial charge in [0.05, 0.1) is 20.8 Å². The summed E-state index contributed by atoms with van der Waals surface area (Å²) in [4.78, 5) is 8.11. The number of anilines is 3. The zero-order chi connectivity index (χ0) is 15.2. The van der Waals surface area contributed by atoms with Gasteiger partial charge in [0.15, 0.2) is 5.82 Å². The second-order valence-electron chi connectivity index (χ2n) is 4.10. The zero-order valence-electron chi connectivity index (χ0n) is 12.2. The van der Waals surface area contributed by atoms with Gasteiger partial charge in [-0.3, -0.25) is 0 Å². The minimum atomic E-state index is 0.348. The molecule has 1 aromatic heterocycles. The maximum absolute atomic E-state index is 5.98. The molecule has 0 aliphatic rings. The van der Waals surface area contributed by atoms with Gasteiger partial charge in [-0.1, -0.05) is 0 Å². The SMILES string of the molecule is CCOc1ncnc(Nc2cc(OC)cc(OC)c2)c1N. The van der Waals surface area contributed by atoms with E-state index in [1.165, 1.54) is 6.33 Å². The number of aromatic nitrogens is 2. The Kier molecular flexibility index (Phi) is 4.65. The van der Waals surface area contributed by atoms with Crippen molar-refractivity contribution in [2.75, 3.05) is 31.9 Å². The third-order valence-corrected chi connectivity index (χ3v) is 2.74. The maximum atomic E-state index is 5.98. The average Bonchev–Trinajstić information content (AvgIpc) is 2.51. The van der Waals surface area contributed by atoms with Crippen LogP contribution in [0.3, 0.4) is 0 Å². The van der Waals surface area contributed by atoms with Gasteiger partial charge in [-0.25, -0.2) is 4.98 Å². The van der Waals surface area contributed by atoms with Crippen LogP contribution in [-0.4, -0.2) is 30.8 Å². The Labute approximate surface area is 123 Å². The molecule has 2 aromatic rings. The molecule has 1 heterocycles. The number of nitrogens with zero attached hydrogens (tertiary/aromatic N) is 2. The number of hydrogen-bond donors (Lipinski definition) is 2. The van der Waals surface area contributed by atoms with Crippen molar-refractivity contribution >= 4 is 17.2 Å². The molecular weight excluding hydrogens is 272 g/mol. The summed E-state index contributed by atoms with van der Waals surface area (Å²) in [7, 11) is 3.18. The molecule has 21 heavy (non-hydrogen) atoms. The van der Waals surface area contributed by atoms with Crippen LogP contribution in [0, 0.1) is 0 Å². The third kappa shape index (κ3) is 3.44. The van der Waals surface area contributed by atoms with E-state index in [1.807, 2.05) is 19.1 Å². The number of nitrogens with two attached hydrogens (primary N) is 1. The summed E-state index contributed by atoms with van der Waals surface area (Å²) in [5, 5.41) is 3.10. The topological polar surface area (TPSA) is 91.5 Å². The van der Waals surface area contributed by atoms with E-state index in [-0.39, 0.29) is 0 Å². The molecule has 0 atom stereocenters. The van der Waals surface area contributed by atoms with Gasteiger partial charge in [-0.05, 0) is 6.92 Å². The summed E-state index contributed by atoms with van der Waals surface area (Å²) in [6.45, 7) is 2.34. The van der Waals surface area contributed by atoms with Gasteiger partial charge in [0.1, 0.15) is 23.5 Å². The molecular formula is C14H18N4O3. The Morgan fingerprint density at radius 2 is 1.76 bits per heavy atom. The molecule has 0 aliphatic heterocycles. The Morgan fingerprint density at radius 1 is 1.10 bits per heavy atom. The van der Waals surface area contributed by atoms with Crippen LogP contribution in [-0.2, 0) is 0 Å². The second-order valence-corrected chi connectivity index (χ2v) is 4.10. The Balaban J connectivity index is 2.31. The standard InChI is InChI=1S/C14H18N4O3/c1-4-21-14-12(15)13(16-8-17-14)18-9-5-10(19-2)7-11(6-9)20-3/h5-8H,4,15H2,1-3H3,(H,16,17,18). The van der Waals surface area contributed by atoms with E-state index in [4.69, 9.17) is 19.9 Å². The summed E-state index contributed by atoms with van der Waals surface area (Å²) in [5.41, 5.74) is 7.07. The van der Waals surface area contributed by atoms with E-state index >= 15 is 0 Å². The van der Waals surface area contributed by atoms with Gasteiger partial charge in [-0.15, -0.1) is 0 Å². The Bertz CT molecular complexity index is 597. The number of rotatable bonds is 6. The van der Waals surface area contributed by atoms with E-state index in [0.29, 0.717) is 35.5 Å². The first-order valence-electron chi connectivity index (χ1n) is 6.41. The molecule has 0 unspecified atom stereocenters. The van der Waals surface area contributed by atoms with Crippen molar-refractivity contribution in [2.45, 2.75) is 6.92 Å². The van der Waals surface area contributed by atoms with Crippen LogP contribution in [0.2, 0.25) is 0 Å². The molecule has 7 nitrogen and oxygen atoms in total. The van der Waals surface area contributed by atoms with Gasteiger partial charge >= 0.3 is 0 Å². The largest absolute Gasteiger partial charge is 0.497 e. The number of nitrogen functional groups attached to an aromatic ring is 1. The molecule has 0 saturated carbocycles. The highest BCUT2D eigenvalue weighted by Gasteiger charge is 2.10. The van der Waals surface area contributed by atoms with Crippen LogP contribution in [0.5, 0.6) is 17.4 Å². The van der Waals surface area contributed by atoms with Crippen LogP contribution in [0.25, 0.3) is 0 Å². The van der Waals surface area contributed by atoms with Crippen molar-refractivity contribution in [3.8, 4) is 17.4 Å². The first-order valence-corrected chi connectivity index (χ1v) is 6.41. The maximum Gasteiger partial charge on any atom is 0.242 e. The van der Waals surface area contributed by atoms with Crippen molar-refractivity contribution < 1.29 is 14.2 Å². The van der Waals surface area contributed by atoms with Crippen LogP contribution < -0.4 is 25.3 Å². The smallest absolute Gasteiger partial charge is 0.242 e. The highest BCUT2D eigenvalue weighted by Crippen LogP contribution is 2.31. The highest BCUT2D eigenvalue weighted by molar-refractivity contribution is 5.73.